The number of unbranched alkanes of at least 4 members (excludes halogenated alkanes) is 1. The predicted octanol–water partition coefficient (Wildman–Crippen LogP) is -8.14. The Morgan fingerprint density at radius 2 is 1.46 bits per heavy atom. The second kappa shape index (κ2) is 31.1. The molecule has 2 fully saturated rings. The number of amides is 6. The Kier molecular flexibility index (Phi) is 26.9. The maximum atomic E-state index is 13.7. The lowest BCUT2D eigenvalue weighted by molar-refractivity contribution is -0.404. The van der Waals surface area contributed by atoms with Crippen LogP contribution in [0.25, 0.3) is 0 Å². The number of nitrogens with zero attached hydrogens (tertiary/aromatic N) is 3. The molecule has 444 valence electrons. The highest BCUT2D eigenvalue weighted by Crippen LogP contribution is 2.72. The van der Waals surface area contributed by atoms with Crippen LogP contribution in [0.4, 0.5) is 0 Å². The Balaban J connectivity index is 1.72. The van der Waals surface area contributed by atoms with E-state index in [2.05, 4.69) is 47.2 Å². The van der Waals surface area contributed by atoms with Crippen molar-refractivity contribution in [3.8, 4) is 0 Å². The van der Waals surface area contributed by atoms with Gasteiger partial charge in [0.1, 0.15) is 72.9 Å². The number of aliphatic hydroxyl groups is 4. The van der Waals surface area contributed by atoms with Gasteiger partial charge in [0.25, 0.3) is 0 Å². The number of quaternary nitrogens is 1. The third-order valence-electron chi connectivity index (χ3n) is 12.4. The lowest BCUT2D eigenvalue weighted by Crippen LogP contribution is -2.70. The number of hydrogen-bond acceptors (Lipinski definition) is 25. The number of nitrogens with two attached hydrogens (primary N) is 1. The second-order valence-electron chi connectivity index (χ2n) is 18.5. The van der Waals surface area contributed by atoms with Gasteiger partial charge in [0, 0.05) is 53.0 Å². The van der Waals surface area contributed by atoms with Crippen molar-refractivity contribution in [3.63, 3.8) is 0 Å². The third kappa shape index (κ3) is 19.7. The van der Waals surface area contributed by atoms with Gasteiger partial charge in [-0.05, 0) is 52.4 Å². The maximum absolute atomic E-state index is 13.7. The number of nitrogens with one attached hydrogen (secondary N) is 5. The molecule has 0 saturated carbocycles. The van der Waals surface area contributed by atoms with E-state index >= 15 is 0 Å². The molecule has 35 heteroatoms. The number of ketones is 1. The molecule has 78 heavy (non-hydrogen) atoms. The van der Waals surface area contributed by atoms with E-state index in [9.17, 15) is 82.8 Å². The summed E-state index contributed by atoms with van der Waals surface area (Å²) in [4.78, 5) is 126. The van der Waals surface area contributed by atoms with Gasteiger partial charge in [-0.1, -0.05) is 12.1 Å². The first kappa shape index (κ1) is 67.3. The summed E-state index contributed by atoms with van der Waals surface area (Å²) in [5.41, 5.74) is 10.1. The summed E-state index contributed by atoms with van der Waals surface area (Å²) in [6.07, 6.45) is -13.5. The number of carboxylic acid groups (broad SMARTS) is 1. The second-order valence-corrected chi connectivity index (χ2v) is 23.9. The molecule has 17 atom stereocenters. The monoisotopic (exact) mass is 1160 g/mol. The summed E-state index contributed by atoms with van der Waals surface area (Å²) < 4.78 is 59.1. The SMILES string of the molecule is CCC(=O)C([NH3+])CCCc1cn(CCCC[C@H](NC(=O)CC[C@@H](NC(=O)[C@H](C)NC(=O)[C@@H](C)O[C@H]2C(O[C@@H]3O[C@H](CO)[C@@H](O)[C@H](O)[C@H]3NC(C)=O)[C@@H](CO)O[C@H](OP(=O)([O-])P(=O)([O-])OC)[C@@H]2NC(C)=O)C(N)=O)C(=O)[O-])nn1. The minimum Gasteiger partial charge on any atom is -0.772 e. The van der Waals surface area contributed by atoms with Crippen molar-refractivity contribution in [1.29, 1.82) is 0 Å². The highest BCUT2D eigenvalue weighted by molar-refractivity contribution is 8.25. The summed E-state index contributed by atoms with van der Waals surface area (Å²) in [6.45, 7) is 4.19. The van der Waals surface area contributed by atoms with Gasteiger partial charge in [-0.2, -0.15) is 0 Å². The van der Waals surface area contributed by atoms with Crippen LogP contribution in [-0.4, -0.2) is 194 Å². The normalized spacial score (nSPS) is 26.8. The number of hydrogen-bond donors (Lipinski definition) is 11. The lowest BCUT2D eigenvalue weighted by atomic mass is 9.94. The fourth-order valence-electron chi connectivity index (χ4n) is 8.12. The molecule has 4 unspecified atom stereocenters. The van der Waals surface area contributed by atoms with E-state index in [0.29, 0.717) is 57.9 Å². The highest BCUT2D eigenvalue weighted by Gasteiger charge is 2.54. The number of aliphatic hydroxyl groups excluding tert-OH is 4. The van der Waals surface area contributed by atoms with Crippen molar-refractivity contribution in [1.82, 2.24) is 41.6 Å². The van der Waals surface area contributed by atoms with Gasteiger partial charge in [0.05, 0.1) is 30.9 Å². The third-order valence-corrected chi connectivity index (χ3v) is 16.5. The number of primary amides is 1. The number of rotatable bonds is 33. The van der Waals surface area contributed by atoms with Crippen LogP contribution >= 0.6 is 14.6 Å². The van der Waals surface area contributed by atoms with E-state index in [1.165, 1.54) is 0 Å². The van der Waals surface area contributed by atoms with Crippen LogP contribution in [0.15, 0.2) is 6.20 Å². The van der Waals surface area contributed by atoms with Gasteiger partial charge in [-0.15, -0.1) is 5.10 Å². The molecule has 33 nitrogen and oxygen atoms in total. The molecule has 14 N–H and O–H groups in total. The van der Waals surface area contributed by atoms with E-state index < -0.39 is 168 Å². The Labute approximate surface area is 447 Å². The quantitative estimate of drug-likeness (QED) is 0.0230. The average molecular weight is 1160 g/mol. The number of ether oxygens (including phenoxy) is 4. The molecule has 3 rings (SSSR count). The topological polar surface area (TPSA) is 521 Å². The largest absolute Gasteiger partial charge is 0.772 e. The molecule has 0 aliphatic carbocycles. The van der Waals surface area contributed by atoms with Crippen molar-refractivity contribution in [2.45, 2.75) is 191 Å². The first-order chi connectivity index (χ1) is 36.5. The van der Waals surface area contributed by atoms with Crippen molar-refractivity contribution < 1.29 is 117 Å². The number of carbonyl (C=O) groups is 8. The van der Waals surface area contributed by atoms with Crippen LogP contribution in [0.2, 0.25) is 0 Å². The zero-order valence-electron chi connectivity index (χ0n) is 43.8. The summed E-state index contributed by atoms with van der Waals surface area (Å²) >= 11 is 0. The van der Waals surface area contributed by atoms with Crippen LogP contribution in [0.1, 0.15) is 91.7 Å². The summed E-state index contributed by atoms with van der Waals surface area (Å²) in [5, 5.41) is 73.4. The Morgan fingerprint density at radius 1 is 0.833 bits per heavy atom. The van der Waals surface area contributed by atoms with E-state index in [-0.39, 0.29) is 18.2 Å². The maximum Gasteiger partial charge on any atom is 0.249 e. The van der Waals surface area contributed by atoms with E-state index in [1.54, 1.807) is 17.8 Å². The molecule has 0 aromatic carbocycles. The standard InChI is InChI=1S/C43H74N10O23P2/c1-7-28(58)25(44)12-10-11-24-17-53(52-51-24)16-9-8-13-27(41(65)66)49-31(59)15-14-26(38(45)62)50-39(63)20(2)46-40(64)21(3)72-37-33(48-23(5)57)43(76-78(69,70)77(67,68)71-6)74-30(19-55)36(37)75-42-32(47-22(4)56)35(61)34(60)29(18-54)73-42/h17,20-21,25-27,29-30,32-37,42-43,54-55,60-61H,7-16,18-19,44H2,1-6H3,(H2,45,62)(H,46,64)(H,47,56)(H,48,57)(H,49,59)(H,50,63)(H,65,66)(H,67,68)(H,69,70)/p-2/t20-,21+,25?,26+,27-,29+,30+,32+,33+,34+,35+,36?,37+,42-,43+/m0/s1. The number of Topliss-reactive ketones (excluding diaryl/α,β-unsaturated/α-hetero) is 1. The predicted molar refractivity (Wildman–Crippen MR) is 255 cm³/mol. The van der Waals surface area contributed by atoms with Gasteiger partial charge in [-0.3, -0.25) is 51.9 Å². The molecule has 2 aliphatic rings. The zero-order chi connectivity index (χ0) is 58.8. The lowest BCUT2D eigenvalue weighted by Gasteiger charge is -2.50. The van der Waals surface area contributed by atoms with Gasteiger partial charge in [0.2, 0.25) is 50.0 Å². The Bertz CT molecular complexity index is 2320. The molecule has 0 radical (unpaired) electrons. The number of aliphatic carboxylic acids is 1. The van der Waals surface area contributed by atoms with Crippen LogP contribution in [0, 0.1) is 0 Å². The molecule has 2 aliphatic heterocycles. The van der Waals surface area contributed by atoms with E-state index in [0.717, 1.165) is 27.7 Å². The summed E-state index contributed by atoms with van der Waals surface area (Å²) in [5.74, 6) is -7.46. The fourth-order valence-corrected chi connectivity index (χ4v) is 10.1. The Morgan fingerprint density at radius 3 is 2.04 bits per heavy atom. The van der Waals surface area contributed by atoms with Crippen LogP contribution in [-0.2, 0) is 88.4 Å². The highest BCUT2D eigenvalue weighted by atomic mass is 32.1. The molecule has 1 aromatic rings. The van der Waals surface area contributed by atoms with Gasteiger partial charge in [0.15, 0.2) is 18.4 Å². The van der Waals surface area contributed by atoms with Crippen molar-refractivity contribution >= 4 is 61.8 Å². The van der Waals surface area contributed by atoms with Crippen molar-refractivity contribution in [2.75, 3.05) is 20.3 Å². The minimum absolute atomic E-state index is 0.0385. The zero-order valence-corrected chi connectivity index (χ0v) is 45.6. The first-order valence-electron chi connectivity index (χ1n) is 24.8. The first-order valence-corrected chi connectivity index (χ1v) is 28.6. The molecular formula is C43H72N10O23P2-2. The molecule has 1 aromatic heterocycles. The van der Waals surface area contributed by atoms with Crippen molar-refractivity contribution in [3.05, 3.63) is 11.9 Å². The van der Waals surface area contributed by atoms with Gasteiger partial charge < -0.3 is 102 Å². The van der Waals surface area contributed by atoms with Crippen LogP contribution < -0.4 is 52.9 Å². The summed E-state index contributed by atoms with van der Waals surface area (Å²) in [6, 6.07) is -8.52. The number of aryl methyl sites for hydroxylation is 2. The van der Waals surface area contributed by atoms with E-state index in [4.69, 9.17) is 29.2 Å². The summed E-state index contributed by atoms with van der Waals surface area (Å²) in [7, 11) is -11.5. The van der Waals surface area contributed by atoms with Crippen LogP contribution in [0.5, 0.6) is 0 Å². The Hall–Kier alpha value is -4.96. The van der Waals surface area contributed by atoms with Gasteiger partial charge in [-0.25, -0.2) is 0 Å². The molecule has 3 heterocycles. The minimum atomic E-state index is -6.16. The smallest absolute Gasteiger partial charge is 0.249 e. The molecule has 2 saturated heterocycles. The molecule has 0 spiro atoms. The van der Waals surface area contributed by atoms with Gasteiger partial charge >= 0.3 is 0 Å². The number of carbonyl (C=O) groups excluding carboxylic acids is 8. The molecule has 6 amide bonds. The number of carboxylic acids is 1. The van der Waals surface area contributed by atoms with Crippen molar-refractivity contribution in [2.24, 2.45) is 5.73 Å². The number of aromatic nitrogens is 3. The van der Waals surface area contributed by atoms with E-state index in [1.807, 2.05) is 0 Å². The molecule has 0 bridgehead atoms. The fraction of sp³-hybridized carbons (Fsp3) is 0.767. The van der Waals surface area contributed by atoms with Crippen LogP contribution in [0.3, 0.4) is 0 Å². The average Bonchev–Trinajstić information content (AvgIpc) is 3.83. The molecular weight excluding hydrogens is 1090 g/mol.